The van der Waals surface area contributed by atoms with Gasteiger partial charge in [0, 0.05) is 68.0 Å². The quantitative estimate of drug-likeness (QED) is 0.472. The number of amides is 1. The van der Waals surface area contributed by atoms with Crippen LogP contribution in [0.5, 0.6) is 0 Å². The van der Waals surface area contributed by atoms with E-state index < -0.39 is 0 Å². The molecule has 0 bridgehead atoms. The molecule has 7 nitrogen and oxygen atoms in total. The molecule has 3 atom stereocenters. The van der Waals surface area contributed by atoms with Gasteiger partial charge in [-0.15, -0.1) is 0 Å². The fourth-order valence-electron chi connectivity index (χ4n) is 5.44. The minimum atomic E-state index is 0.0693. The zero-order chi connectivity index (χ0) is 24.9. The van der Waals surface area contributed by atoms with Crippen molar-refractivity contribution in [2.75, 3.05) is 26.2 Å². The van der Waals surface area contributed by atoms with Gasteiger partial charge >= 0.3 is 0 Å². The van der Waals surface area contributed by atoms with Crippen molar-refractivity contribution < 1.29 is 9.53 Å². The van der Waals surface area contributed by atoms with Gasteiger partial charge in [0.1, 0.15) is 5.69 Å². The second-order valence-corrected chi connectivity index (χ2v) is 9.99. The normalized spacial score (nSPS) is 22.9. The molecule has 7 heteroatoms. The highest BCUT2D eigenvalue weighted by Crippen LogP contribution is 2.25. The lowest BCUT2D eigenvalue weighted by molar-refractivity contribution is -0.127. The first-order valence-corrected chi connectivity index (χ1v) is 12.9. The lowest BCUT2D eigenvalue weighted by Gasteiger charge is -2.38. The van der Waals surface area contributed by atoms with Crippen LogP contribution in [0, 0.1) is 0 Å². The maximum atomic E-state index is 13.3. The van der Waals surface area contributed by atoms with E-state index in [1.54, 1.807) is 12.3 Å². The second kappa shape index (κ2) is 11.2. The molecule has 5 rings (SSSR count). The molecule has 0 saturated carbocycles. The fourth-order valence-corrected chi connectivity index (χ4v) is 5.44. The SMILES string of the molecule is CC1CN(CC2CCCN2C(=O)/C=C/c2cn(Cc3ccccc3)nc2-c2cccnc2)CC(C)O1. The molecular formula is C29H35N5O2. The van der Waals surface area contributed by atoms with Crippen molar-refractivity contribution in [3.05, 3.63) is 78.3 Å². The zero-order valence-corrected chi connectivity index (χ0v) is 21.2. The second-order valence-electron chi connectivity index (χ2n) is 9.99. The molecule has 2 aliphatic rings. The van der Waals surface area contributed by atoms with Crippen molar-refractivity contribution in [1.82, 2.24) is 24.6 Å². The first-order valence-electron chi connectivity index (χ1n) is 12.9. The van der Waals surface area contributed by atoms with Gasteiger partial charge in [-0.05, 0) is 50.5 Å². The standard InChI is InChI=1S/C29H35N5O2/c1-22-17-32(18-23(2)36-22)21-27-11-7-15-34(27)28(35)13-12-26-20-33(19-24-8-4-3-5-9-24)31-29(26)25-10-6-14-30-16-25/h3-6,8-10,12-14,16,20,22-23,27H,7,11,15,17-19,21H2,1-2H3/b13-12+. The van der Waals surface area contributed by atoms with Crippen LogP contribution in [0.1, 0.15) is 37.8 Å². The molecule has 2 aromatic heterocycles. The highest BCUT2D eigenvalue weighted by atomic mass is 16.5. The smallest absolute Gasteiger partial charge is 0.246 e. The van der Waals surface area contributed by atoms with Gasteiger partial charge in [0.25, 0.3) is 0 Å². The Morgan fingerprint density at radius 1 is 1.11 bits per heavy atom. The molecule has 1 amide bonds. The van der Waals surface area contributed by atoms with Crippen molar-refractivity contribution in [1.29, 1.82) is 0 Å². The molecule has 2 fully saturated rings. The summed E-state index contributed by atoms with van der Waals surface area (Å²) >= 11 is 0. The average Bonchev–Trinajstić information content (AvgIpc) is 3.50. The van der Waals surface area contributed by atoms with Crippen LogP contribution in [0.3, 0.4) is 0 Å². The van der Waals surface area contributed by atoms with Gasteiger partial charge in [0.15, 0.2) is 0 Å². The van der Waals surface area contributed by atoms with Crippen molar-refractivity contribution >= 4 is 12.0 Å². The number of hydrogen-bond acceptors (Lipinski definition) is 5. The third-order valence-corrected chi connectivity index (χ3v) is 6.94. The number of benzene rings is 1. The molecule has 2 aliphatic heterocycles. The van der Waals surface area contributed by atoms with Crippen LogP contribution in [0.2, 0.25) is 0 Å². The molecule has 3 unspecified atom stereocenters. The fraction of sp³-hybridized carbons (Fsp3) is 0.414. The van der Waals surface area contributed by atoms with E-state index in [0.29, 0.717) is 6.54 Å². The largest absolute Gasteiger partial charge is 0.373 e. The van der Waals surface area contributed by atoms with Gasteiger partial charge in [-0.25, -0.2) is 0 Å². The van der Waals surface area contributed by atoms with Crippen LogP contribution in [0.4, 0.5) is 0 Å². The average molecular weight is 486 g/mol. The lowest BCUT2D eigenvalue weighted by atomic mass is 10.1. The predicted octanol–water partition coefficient (Wildman–Crippen LogP) is 4.11. The Hall–Kier alpha value is -3.29. The van der Waals surface area contributed by atoms with E-state index in [0.717, 1.165) is 55.8 Å². The van der Waals surface area contributed by atoms with Gasteiger partial charge in [-0.2, -0.15) is 5.10 Å². The highest BCUT2D eigenvalue weighted by Gasteiger charge is 2.31. The summed E-state index contributed by atoms with van der Waals surface area (Å²) in [5.41, 5.74) is 3.86. The summed E-state index contributed by atoms with van der Waals surface area (Å²) in [7, 11) is 0. The van der Waals surface area contributed by atoms with Crippen LogP contribution in [0.15, 0.2) is 67.1 Å². The number of likely N-dealkylation sites (tertiary alicyclic amines) is 1. The number of morpholine rings is 1. The Labute approximate surface area is 213 Å². The van der Waals surface area contributed by atoms with E-state index in [-0.39, 0.29) is 24.2 Å². The Morgan fingerprint density at radius 2 is 1.92 bits per heavy atom. The summed E-state index contributed by atoms with van der Waals surface area (Å²) in [5, 5.41) is 4.84. The summed E-state index contributed by atoms with van der Waals surface area (Å²) < 4.78 is 7.82. The minimum Gasteiger partial charge on any atom is -0.373 e. The van der Waals surface area contributed by atoms with Crippen LogP contribution in [-0.4, -0.2) is 74.9 Å². The zero-order valence-electron chi connectivity index (χ0n) is 21.2. The Bertz CT molecular complexity index is 1170. The molecule has 0 N–H and O–H groups in total. The number of carbonyl (C=O) groups excluding carboxylic acids is 1. The third kappa shape index (κ3) is 5.91. The lowest BCUT2D eigenvalue weighted by Crippen LogP contribution is -2.50. The van der Waals surface area contributed by atoms with Crippen LogP contribution in [0.25, 0.3) is 17.3 Å². The summed E-state index contributed by atoms with van der Waals surface area (Å²) in [4.78, 5) is 22.1. The van der Waals surface area contributed by atoms with Gasteiger partial charge in [0.2, 0.25) is 5.91 Å². The van der Waals surface area contributed by atoms with Gasteiger partial charge < -0.3 is 9.64 Å². The summed E-state index contributed by atoms with van der Waals surface area (Å²) in [6, 6.07) is 14.4. The topological polar surface area (TPSA) is 63.5 Å². The van der Waals surface area contributed by atoms with Crippen molar-refractivity contribution in [2.24, 2.45) is 0 Å². The number of pyridine rings is 1. The van der Waals surface area contributed by atoms with Crippen molar-refractivity contribution in [2.45, 2.75) is 51.5 Å². The molecule has 0 spiro atoms. The van der Waals surface area contributed by atoms with Crippen LogP contribution >= 0.6 is 0 Å². The van der Waals surface area contributed by atoms with Crippen molar-refractivity contribution in [3.8, 4) is 11.3 Å². The number of hydrogen-bond donors (Lipinski definition) is 0. The van der Waals surface area contributed by atoms with Gasteiger partial charge in [-0.1, -0.05) is 30.3 Å². The summed E-state index contributed by atoms with van der Waals surface area (Å²) in [6.45, 7) is 8.49. The van der Waals surface area contributed by atoms with E-state index in [2.05, 4.69) is 35.9 Å². The predicted molar refractivity (Wildman–Crippen MR) is 141 cm³/mol. The number of nitrogens with zero attached hydrogens (tertiary/aromatic N) is 5. The highest BCUT2D eigenvalue weighted by molar-refractivity contribution is 5.93. The maximum absolute atomic E-state index is 13.3. The Balaban J connectivity index is 1.32. The number of rotatable bonds is 7. The Morgan fingerprint density at radius 3 is 2.67 bits per heavy atom. The molecule has 3 aromatic rings. The summed E-state index contributed by atoms with van der Waals surface area (Å²) in [5.74, 6) is 0.0693. The molecule has 4 heterocycles. The number of ether oxygens (including phenoxy) is 1. The van der Waals surface area contributed by atoms with Crippen LogP contribution < -0.4 is 0 Å². The van der Waals surface area contributed by atoms with E-state index in [9.17, 15) is 4.79 Å². The molecule has 0 aliphatic carbocycles. The maximum Gasteiger partial charge on any atom is 0.246 e. The molecule has 36 heavy (non-hydrogen) atoms. The van der Waals surface area contributed by atoms with E-state index in [1.807, 2.05) is 58.4 Å². The first-order chi connectivity index (χ1) is 17.5. The molecular weight excluding hydrogens is 450 g/mol. The number of carbonyl (C=O) groups is 1. The van der Waals surface area contributed by atoms with Crippen LogP contribution in [-0.2, 0) is 16.1 Å². The Kier molecular flexibility index (Phi) is 7.58. The van der Waals surface area contributed by atoms with Gasteiger partial charge in [0.05, 0.1) is 18.8 Å². The monoisotopic (exact) mass is 485 g/mol. The number of aromatic nitrogens is 3. The van der Waals surface area contributed by atoms with E-state index in [1.165, 1.54) is 5.56 Å². The third-order valence-electron chi connectivity index (χ3n) is 6.94. The molecule has 2 saturated heterocycles. The molecule has 0 radical (unpaired) electrons. The van der Waals surface area contributed by atoms with E-state index in [4.69, 9.17) is 9.84 Å². The van der Waals surface area contributed by atoms with E-state index >= 15 is 0 Å². The summed E-state index contributed by atoms with van der Waals surface area (Å²) in [6.07, 6.45) is 11.8. The molecule has 188 valence electrons. The van der Waals surface area contributed by atoms with Gasteiger partial charge in [-0.3, -0.25) is 19.4 Å². The minimum absolute atomic E-state index is 0.0693. The molecule has 1 aromatic carbocycles. The first kappa shape index (κ1) is 24.4. The van der Waals surface area contributed by atoms with Crippen molar-refractivity contribution in [3.63, 3.8) is 0 Å².